The van der Waals surface area contributed by atoms with E-state index in [1.54, 1.807) is 6.92 Å². The Labute approximate surface area is 236 Å². The quantitative estimate of drug-likeness (QED) is 0.301. The second-order valence-corrected chi connectivity index (χ2v) is 11.2. The van der Waals surface area contributed by atoms with Crippen molar-refractivity contribution in [2.75, 3.05) is 37.0 Å². The monoisotopic (exact) mass is 550 g/mol. The largest absolute Gasteiger partial charge is 0.479 e. The fourth-order valence-corrected chi connectivity index (χ4v) is 5.34. The molecule has 216 valence electrons. The minimum absolute atomic E-state index is 0.0949. The number of hydrogen-bond donors (Lipinski definition) is 4. The maximum absolute atomic E-state index is 10.9. The molecule has 2 aromatic rings. The van der Waals surface area contributed by atoms with Crippen LogP contribution in [0.5, 0.6) is 0 Å². The number of aliphatic carboxylic acids is 1. The molecular formula is C30H42N6O4. The highest BCUT2D eigenvalue weighted by molar-refractivity contribution is 5.71. The average Bonchev–Trinajstić information content (AvgIpc) is 2.97. The van der Waals surface area contributed by atoms with Crippen LogP contribution in [-0.2, 0) is 14.3 Å². The number of carbonyl (C=O) groups is 1. The molecule has 0 radical (unpaired) electrons. The minimum Gasteiger partial charge on any atom is -0.479 e. The second-order valence-electron chi connectivity index (χ2n) is 11.2. The van der Waals surface area contributed by atoms with E-state index in [1.165, 1.54) is 0 Å². The summed E-state index contributed by atoms with van der Waals surface area (Å²) in [4.78, 5) is 20.4. The first-order chi connectivity index (χ1) is 19.3. The maximum Gasteiger partial charge on any atom is 0.332 e. The van der Waals surface area contributed by atoms with Crippen LogP contribution in [-0.4, -0.2) is 71.6 Å². The van der Waals surface area contributed by atoms with Crippen LogP contribution in [0.2, 0.25) is 0 Å². The molecule has 1 aliphatic heterocycles. The number of hydrogen-bond acceptors (Lipinski definition) is 9. The molecule has 10 heteroatoms. The summed E-state index contributed by atoms with van der Waals surface area (Å²) >= 11 is 0. The number of carboxylic acid groups (broad SMARTS) is 1. The Balaban J connectivity index is 1.31. The molecule has 1 saturated heterocycles. The molecule has 1 saturated carbocycles. The van der Waals surface area contributed by atoms with E-state index in [-0.39, 0.29) is 6.04 Å². The fourth-order valence-electron chi connectivity index (χ4n) is 5.34. The third-order valence-electron chi connectivity index (χ3n) is 7.97. The first-order valence-corrected chi connectivity index (χ1v) is 14.3. The summed E-state index contributed by atoms with van der Waals surface area (Å²) in [5.74, 6) is 0.658. The van der Waals surface area contributed by atoms with Gasteiger partial charge in [0.15, 0.2) is 6.10 Å². The van der Waals surface area contributed by atoms with Gasteiger partial charge in [-0.1, -0.05) is 6.07 Å². The summed E-state index contributed by atoms with van der Waals surface area (Å²) in [7, 11) is 0. The smallest absolute Gasteiger partial charge is 0.332 e. The van der Waals surface area contributed by atoms with Crippen molar-refractivity contribution < 1.29 is 19.4 Å². The normalized spacial score (nSPS) is 22.1. The number of aryl methyl sites for hydroxylation is 1. The summed E-state index contributed by atoms with van der Waals surface area (Å²) in [5, 5.41) is 29.3. The zero-order valence-electron chi connectivity index (χ0n) is 23.8. The Morgan fingerprint density at radius 1 is 1.20 bits per heavy atom. The van der Waals surface area contributed by atoms with Crippen molar-refractivity contribution in [1.82, 2.24) is 15.3 Å². The summed E-state index contributed by atoms with van der Waals surface area (Å²) < 4.78 is 10.9. The predicted molar refractivity (Wildman–Crippen MR) is 154 cm³/mol. The number of aromatic nitrogens is 2. The van der Waals surface area contributed by atoms with E-state index in [9.17, 15) is 10.1 Å². The topological polar surface area (TPSA) is 141 Å². The van der Waals surface area contributed by atoms with Gasteiger partial charge in [-0.2, -0.15) is 5.26 Å². The number of nitrogens with zero attached hydrogens (tertiary/aromatic N) is 3. The molecule has 10 nitrogen and oxygen atoms in total. The molecule has 2 fully saturated rings. The summed E-state index contributed by atoms with van der Waals surface area (Å²) in [6.45, 7) is 7.79. The highest BCUT2D eigenvalue weighted by Crippen LogP contribution is 2.31. The van der Waals surface area contributed by atoms with Crippen LogP contribution in [0.25, 0.3) is 11.3 Å². The molecule has 2 aromatic heterocycles. The number of carboxylic acids is 1. The van der Waals surface area contributed by atoms with Crippen molar-refractivity contribution in [2.24, 2.45) is 5.41 Å². The SMILES string of the molecule is Cc1cnc(N[C@H]2CC[C@H](N[C@H](C)CO[C@@H](C)C(=O)O)CC2)cc1-c1cccc(NCC2(C#N)CCOCC2)n1. The van der Waals surface area contributed by atoms with Crippen LogP contribution in [0.15, 0.2) is 30.5 Å². The van der Waals surface area contributed by atoms with Gasteiger partial charge in [-0.3, -0.25) is 0 Å². The molecular weight excluding hydrogens is 508 g/mol. The van der Waals surface area contributed by atoms with Crippen molar-refractivity contribution >= 4 is 17.6 Å². The highest BCUT2D eigenvalue weighted by atomic mass is 16.5. The van der Waals surface area contributed by atoms with E-state index in [2.05, 4.69) is 33.1 Å². The third-order valence-corrected chi connectivity index (χ3v) is 7.97. The molecule has 40 heavy (non-hydrogen) atoms. The fraction of sp³-hybridized carbons (Fsp3) is 0.600. The Hall–Kier alpha value is -3.26. The van der Waals surface area contributed by atoms with Crippen molar-refractivity contribution in [2.45, 2.75) is 83.5 Å². The van der Waals surface area contributed by atoms with E-state index >= 15 is 0 Å². The van der Waals surface area contributed by atoms with Gasteiger partial charge in [0.2, 0.25) is 0 Å². The van der Waals surface area contributed by atoms with E-state index in [0.717, 1.165) is 67.0 Å². The number of rotatable bonds is 12. The predicted octanol–water partition coefficient (Wildman–Crippen LogP) is 4.38. The lowest BCUT2D eigenvalue weighted by Gasteiger charge is -2.32. The Kier molecular flexibility index (Phi) is 10.3. The zero-order chi connectivity index (χ0) is 28.5. The molecule has 3 heterocycles. The Morgan fingerprint density at radius 2 is 1.93 bits per heavy atom. The molecule has 0 aromatic carbocycles. The maximum atomic E-state index is 10.9. The molecule has 0 unspecified atom stereocenters. The van der Waals surface area contributed by atoms with Crippen molar-refractivity contribution in [3.8, 4) is 17.3 Å². The third kappa shape index (κ3) is 8.13. The van der Waals surface area contributed by atoms with E-state index in [1.807, 2.05) is 38.2 Å². The highest BCUT2D eigenvalue weighted by Gasteiger charge is 2.32. The van der Waals surface area contributed by atoms with E-state index in [4.69, 9.17) is 19.6 Å². The van der Waals surface area contributed by atoms with Gasteiger partial charge in [0.1, 0.15) is 11.6 Å². The van der Waals surface area contributed by atoms with Gasteiger partial charge >= 0.3 is 5.97 Å². The molecule has 4 rings (SSSR count). The van der Waals surface area contributed by atoms with Gasteiger partial charge in [0.25, 0.3) is 0 Å². The Morgan fingerprint density at radius 3 is 2.62 bits per heavy atom. The molecule has 2 aliphatic rings. The lowest BCUT2D eigenvalue weighted by Crippen LogP contribution is -2.43. The number of nitriles is 1. The first kappa shape index (κ1) is 29.7. The lowest BCUT2D eigenvalue weighted by atomic mass is 9.82. The molecule has 1 aliphatic carbocycles. The molecule has 4 N–H and O–H groups in total. The van der Waals surface area contributed by atoms with Crippen LogP contribution in [0, 0.1) is 23.7 Å². The van der Waals surface area contributed by atoms with Gasteiger partial charge in [0, 0.05) is 49.6 Å². The number of anilines is 2. The van der Waals surface area contributed by atoms with Crippen LogP contribution >= 0.6 is 0 Å². The van der Waals surface area contributed by atoms with E-state index in [0.29, 0.717) is 38.4 Å². The summed E-state index contributed by atoms with van der Waals surface area (Å²) in [5.41, 5.74) is 2.53. The van der Waals surface area contributed by atoms with E-state index < -0.39 is 17.5 Å². The summed E-state index contributed by atoms with van der Waals surface area (Å²) in [6, 6.07) is 11.3. The zero-order valence-corrected chi connectivity index (χ0v) is 23.8. The number of ether oxygens (including phenoxy) is 2. The van der Waals surface area contributed by atoms with Crippen LogP contribution in [0.4, 0.5) is 11.6 Å². The van der Waals surface area contributed by atoms with Crippen molar-refractivity contribution in [3.05, 3.63) is 36.0 Å². The molecule has 0 bridgehead atoms. The lowest BCUT2D eigenvalue weighted by molar-refractivity contribution is -0.149. The standard InChI is InChI=1S/C30H42N6O4/c1-20-16-32-28(35-24-9-7-23(8-10-24)34-21(2)17-40-22(3)29(37)38)15-25(20)26-5-4-6-27(36-26)33-19-30(18-31)11-13-39-14-12-30/h4-6,15-16,21-24,34H,7-14,17,19H2,1-3H3,(H,32,35)(H,33,36)(H,37,38)/t21-,22+,23-,24-/m1/s1. The Bertz CT molecular complexity index is 1170. The average molecular weight is 551 g/mol. The van der Waals surface area contributed by atoms with Gasteiger partial charge in [-0.15, -0.1) is 0 Å². The van der Waals surface area contributed by atoms with Gasteiger partial charge < -0.3 is 30.5 Å². The van der Waals surface area contributed by atoms with Gasteiger partial charge in [-0.05, 0) is 83.1 Å². The van der Waals surface area contributed by atoms with Crippen LogP contribution in [0.3, 0.4) is 0 Å². The second kappa shape index (κ2) is 13.9. The first-order valence-electron chi connectivity index (χ1n) is 14.3. The molecule has 0 spiro atoms. The minimum atomic E-state index is -0.939. The van der Waals surface area contributed by atoms with Crippen LogP contribution < -0.4 is 16.0 Å². The van der Waals surface area contributed by atoms with Gasteiger partial charge in [0.05, 0.1) is 23.8 Å². The molecule has 0 amide bonds. The number of nitrogens with one attached hydrogen (secondary N) is 3. The van der Waals surface area contributed by atoms with Crippen LogP contribution in [0.1, 0.15) is 57.9 Å². The summed E-state index contributed by atoms with van der Waals surface area (Å²) in [6.07, 6.45) is 6.65. The van der Waals surface area contributed by atoms with Crippen molar-refractivity contribution in [1.29, 1.82) is 5.26 Å². The van der Waals surface area contributed by atoms with Gasteiger partial charge in [-0.25, -0.2) is 14.8 Å². The molecule has 2 atom stereocenters. The van der Waals surface area contributed by atoms with Crippen molar-refractivity contribution in [3.63, 3.8) is 0 Å². The number of pyridine rings is 2.